The van der Waals surface area contributed by atoms with Gasteiger partial charge in [-0.2, -0.15) is 17.8 Å². The molecule has 1 unspecified atom stereocenters. The number of anilines is 2. The van der Waals surface area contributed by atoms with Crippen molar-refractivity contribution >= 4 is 33.2 Å². The second kappa shape index (κ2) is 10.4. The number of piperidine rings is 1. The zero-order valence-corrected chi connectivity index (χ0v) is 20.3. The Bertz CT molecular complexity index is 1100. The third kappa shape index (κ3) is 5.34. The van der Waals surface area contributed by atoms with Crippen LogP contribution in [0.5, 0.6) is 0 Å². The van der Waals surface area contributed by atoms with Gasteiger partial charge in [-0.1, -0.05) is 29.8 Å². The van der Waals surface area contributed by atoms with E-state index in [1.54, 1.807) is 37.5 Å². The highest BCUT2D eigenvalue weighted by molar-refractivity contribution is 7.90. The van der Waals surface area contributed by atoms with E-state index in [4.69, 9.17) is 16.3 Å². The first-order valence-electron chi connectivity index (χ1n) is 11.3. The summed E-state index contributed by atoms with van der Waals surface area (Å²) in [6, 6.07) is 8.76. The summed E-state index contributed by atoms with van der Waals surface area (Å²) in [5, 5.41) is 7.68. The van der Waals surface area contributed by atoms with Crippen molar-refractivity contribution in [3.63, 3.8) is 0 Å². The molecule has 2 fully saturated rings. The molecule has 0 spiro atoms. The minimum atomic E-state index is -3.65. The number of hydrogen-bond acceptors (Lipinski definition) is 6. The SMILES string of the molecule is CN(c1ccccc1)S(=O)(=O)N1CCC(n2ncc(NCC3CCCOC3)c(Cl)c2=O)CC1. The Morgan fingerprint density at radius 3 is 2.61 bits per heavy atom. The van der Waals surface area contributed by atoms with Crippen LogP contribution in [0.3, 0.4) is 0 Å². The maximum absolute atomic E-state index is 13.0. The molecule has 33 heavy (non-hydrogen) atoms. The largest absolute Gasteiger partial charge is 0.382 e. The highest BCUT2D eigenvalue weighted by Crippen LogP contribution is 2.27. The monoisotopic (exact) mass is 495 g/mol. The lowest BCUT2D eigenvalue weighted by atomic mass is 10.0. The van der Waals surface area contributed by atoms with E-state index in [2.05, 4.69) is 10.4 Å². The smallest absolute Gasteiger partial charge is 0.303 e. The van der Waals surface area contributed by atoms with Crippen molar-refractivity contribution in [2.24, 2.45) is 5.92 Å². The van der Waals surface area contributed by atoms with E-state index in [-0.39, 0.29) is 16.6 Å². The van der Waals surface area contributed by atoms with E-state index < -0.39 is 10.2 Å². The number of para-hydroxylation sites is 1. The Morgan fingerprint density at radius 1 is 1.21 bits per heavy atom. The summed E-state index contributed by atoms with van der Waals surface area (Å²) in [5.74, 6) is 0.387. The predicted octanol–water partition coefficient (Wildman–Crippen LogP) is 2.75. The van der Waals surface area contributed by atoms with Crippen LogP contribution in [-0.2, 0) is 14.9 Å². The van der Waals surface area contributed by atoms with Gasteiger partial charge in [0, 0.05) is 33.3 Å². The molecule has 0 aliphatic carbocycles. The molecule has 2 aromatic rings. The van der Waals surface area contributed by atoms with Crippen molar-refractivity contribution in [2.45, 2.75) is 31.7 Å². The molecule has 9 nitrogen and oxygen atoms in total. The van der Waals surface area contributed by atoms with Gasteiger partial charge in [0.15, 0.2) is 0 Å². The van der Waals surface area contributed by atoms with Gasteiger partial charge in [-0.15, -0.1) is 0 Å². The Labute approximate surface area is 199 Å². The number of rotatable bonds is 7. The van der Waals surface area contributed by atoms with E-state index in [1.807, 2.05) is 6.07 Å². The summed E-state index contributed by atoms with van der Waals surface area (Å²) >= 11 is 6.37. The summed E-state index contributed by atoms with van der Waals surface area (Å²) in [6.07, 6.45) is 4.67. The maximum Gasteiger partial charge on any atom is 0.303 e. The Hall–Kier alpha value is -2.14. The van der Waals surface area contributed by atoms with E-state index in [1.165, 1.54) is 13.3 Å². The number of nitrogens with zero attached hydrogens (tertiary/aromatic N) is 4. The molecule has 0 amide bonds. The molecule has 11 heteroatoms. The van der Waals surface area contributed by atoms with Crippen molar-refractivity contribution in [1.29, 1.82) is 0 Å². The Kier molecular flexibility index (Phi) is 7.58. The van der Waals surface area contributed by atoms with Gasteiger partial charge >= 0.3 is 10.2 Å². The second-order valence-corrected chi connectivity index (χ2v) is 10.9. The molecule has 0 saturated carbocycles. The average Bonchev–Trinajstić information content (AvgIpc) is 2.86. The molecular formula is C22H30ClN5O4S. The van der Waals surface area contributed by atoms with Crippen LogP contribution in [0.4, 0.5) is 11.4 Å². The number of nitrogens with one attached hydrogen (secondary N) is 1. The van der Waals surface area contributed by atoms with Gasteiger partial charge < -0.3 is 10.1 Å². The number of halogens is 1. The molecule has 2 aliphatic heterocycles. The van der Waals surface area contributed by atoms with E-state index in [9.17, 15) is 13.2 Å². The van der Waals surface area contributed by atoms with Gasteiger partial charge in [0.2, 0.25) is 0 Å². The molecule has 0 radical (unpaired) electrons. The Balaban J connectivity index is 1.39. The van der Waals surface area contributed by atoms with Crippen LogP contribution in [-0.4, -0.2) is 62.4 Å². The molecule has 180 valence electrons. The van der Waals surface area contributed by atoms with Crippen LogP contribution in [0.25, 0.3) is 0 Å². The minimum Gasteiger partial charge on any atom is -0.382 e. The van der Waals surface area contributed by atoms with Crippen molar-refractivity contribution in [2.75, 3.05) is 49.5 Å². The zero-order valence-electron chi connectivity index (χ0n) is 18.7. The molecule has 3 heterocycles. The lowest BCUT2D eigenvalue weighted by Crippen LogP contribution is -2.47. The van der Waals surface area contributed by atoms with Crippen LogP contribution in [0.1, 0.15) is 31.7 Å². The second-order valence-electron chi connectivity index (χ2n) is 8.53. The summed E-state index contributed by atoms with van der Waals surface area (Å²) < 4.78 is 35.7. The van der Waals surface area contributed by atoms with Gasteiger partial charge in [-0.3, -0.25) is 9.10 Å². The van der Waals surface area contributed by atoms with Gasteiger partial charge in [0.05, 0.1) is 30.2 Å². The van der Waals surface area contributed by atoms with E-state index in [0.717, 1.165) is 19.4 Å². The normalized spacial score (nSPS) is 20.5. The van der Waals surface area contributed by atoms with Crippen molar-refractivity contribution in [1.82, 2.24) is 14.1 Å². The van der Waals surface area contributed by atoms with Crippen LogP contribution < -0.4 is 15.2 Å². The highest BCUT2D eigenvalue weighted by atomic mass is 35.5. The number of hydrogen-bond donors (Lipinski definition) is 1. The van der Waals surface area contributed by atoms with Crippen molar-refractivity contribution < 1.29 is 13.2 Å². The third-order valence-electron chi connectivity index (χ3n) is 6.34. The first kappa shape index (κ1) is 24.0. The van der Waals surface area contributed by atoms with Gasteiger partial charge in [0.25, 0.3) is 5.56 Å². The van der Waals surface area contributed by atoms with Crippen LogP contribution in [0.15, 0.2) is 41.3 Å². The first-order chi connectivity index (χ1) is 15.9. The molecule has 2 saturated heterocycles. The fraction of sp³-hybridized carbons (Fsp3) is 0.545. The molecule has 1 aromatic carbocycles. The molecule has 2 aliphatic rings. The summed E-state index contributed by atoms with van der Waals surface area (Å²) in [6.45, 7) is 2.79. The molecule has 1 atom stereocenters. The minimum absolute atomic E-state index is 0.112. The quantitative estimate of drug-likeness (QED) is 0.634. The van der Waals surface area contributed by atoms with E-state index >= 15 is 0 Å². The van der Waals surface area contributed by atoms with E-state index in [0.29, 0.717) is 56.4 Å². The van der Waals surface area contributed by atoms with Gasteiger partial charge in [0.1, 0.15) is 5.02 Å². The van der Waals surface area contributed by atoms with Gasteiger partial charge in [-0.25, -0.2) is 4.68 Å². The fourth-order valence-corrected chi connectivity index (χ4v) is 5.92. The predicted molar refractivity (Wildman–Crippen MR) is 129 cm³/mol. The summed E-state index contributed by atoms with van der Waals surface area (Å²) in [7, 11) is -2.10. The fourth-order valence-electron chi connectivity index (χ4n) is 4.31. The van der Waals surface area contributed by atoms with Crippen LogP contribution >= 0.6 is 11.6 Å². The molecule has 1 aromatic heterocycles. The topological polar surface area (TPSA) is 96.8 Å². The third-order valence-corrected chi connectivity index (χ3v) is 8.63. The van der Waals surface area contributed by atoms with Crippen LogP contribution in [0, 0.1) is 5.92 Å². The van der Waals surface area contributed by atoms with Crippen molar-refractivity contribution in [3.05, 3.63) is 51.9 Å². The number of ether oxygens (including phenoxy) is 1. The van der Waals surface area contributed by atoms with Crippen molar-refractivity contribution in [3.8, 4) is 0 Å². The standard InChI is InChI=1S/C22H30ClN5O4S/c1-26(18-7-3-2-4-8-18)33(30,31)27-11-9-19(10-12-27)28-22(29)21(23)20(15-25-28)24-14-17-6-5-13-32-16-17/h2-4,7-8,15,17,19,24H,5-6,9-14,16H2,1H3. The summed E-state index contributed by atoms with van der Waals surface area (Å²) in [5.41, 5.74) is 0.768. The number of aromatic nitrogens is 2. The lowest BCUT2D eigenvalue weighted by Gasteiger charge is -2.34. The molecular weight excluding hydrogens is 466 g/mol. The lowest BCUT2D eigenvalue weighted by molar-refractivity contribution is 0.0595. The van der Waals surface area contributed by atoms with Gasteiger partial charge in [-0.05, 0) is 43.7 Å². The Morgan fingerprint density at radius 2 is 1.94 bits per heavy atom. The molecule has 0 bridgehead atoms. The maximum atomic E-state index is 13.0. The molecule has 4 rings (SSSR count). The average molecular weight is 496 g/mol. The zero-order chi connectivity index (χ0) is 23.4. The number of benzene rings is 1. The van der Waals surface area contributed by atoms with Crippen LogP contribution in [0.2, 0.25) is 5.02 Å². The molecule has 1 N–H and O–H groups in total. The first-order valence-corrected chi connectivity index (χ1v) is 13.0. The summed E-state index contributed by atoms with van der Waals surface area (Å²) in [4.78, 5) is 12.9. The highest BCUT2D eigenvalue weighted by Gasteiger charge is 2.33.